The van der Waals surface area contributed by atoms with Crippen molar-refractivity contribution in [2.24, 2.45) is 5.73 Å². The van der Waals surface area contributed by atoms with E-state index in [2.05, 4.69) is 15.5 Å². The largest absolute Gasteiger partial charge is 0.318 e. The van der Waals surface area contributed by atoms with Gasteiger partial charge < -0.3 is 5.73 Å². The van der Waals surface area contributed by atoms with Gasteiger partial charge in [0.2, 0.25) is 11.0 Å². The number of hydrogen-bond donors (Lipinski definition) is 2. The van der Waals surface area contributed by atoms with Crippen molar-refractivity contribution in [2.45, 2.75) is 38.6 Å². The summed E-state index contributed by atoms with van der Waals surface area (Å²) in [6, 6.07) is 6.32. The van der Waals surface area contributed by atoms with Gasteiger partial charge in [-0.25, -0.2) is 4.39 Å². The molecule has 7 heteroatoms. The van der Waals surface area contributed by atoms with E-state index in [9.17, 15) is 9.18 Å². The number of nitrogens with one attached hydrogen (secondary N) is 1. The third-order valence-electron chi connectivity index (χ3n) is 3.22. The van der Waals surface area contributed by atoms with Crippen LogP contribution in [0.2, 0.25) is 0 Å². The Labute approximate surface area is 132 Å². The summed E-state index contributed by atoms with van der Waals surface area (Å²) in [5.41, 5.74) is 5.85. The molecule has 118 valence electrons. The van der Waals surface area contributed by atoms with E-state index in [4.69, 9.17) is 5.73 Å². The van der Waals surface area contributed by atoms with Gasteiger partial charge in [0.1, 0.15) is 10.8 Å². The number of amides is 1. The van der Waals surface area contributed by atoms with Crippen molar-refractivity contribution in [3.8, 4) is 0 Å². The van der Waals surface area contributed by atoms with Crippen LogP contribution in [0.5, 0.6) is 0 Å². The SMILES string of the molecule is CCCC(C)(N)C(=O)Nc1nnc(Cc2cccc(F)c2)s1. The molecule has 0 aliphatic carbocycles. The van der Waals surface area contributed by atoms with E-state index in [0.29, 0.717) is 23.0 Å². The number of nitrogens with two attached hydrogens (primary N) is 1. The van der Waals surface area contributed by atoms with Crippen molar-refractivity contribution in [2.75, 3.05) is 5.32 Å². The Morgan fingerprint density at radius 3 is 2.91 bits per heavy atom. The first-order chi connectivity index (χ1) is 10.4. The molecule has 1 atom stereocenters. The molecule has 0 aliphatic heterocycles. The third-order valence-corrected chi connectivity index (χ3v) is 4.06. The summed E-state index contributed by atoms with van der Waals surface area (Å²) in [5.74, 6) is -0.559. The number of nitrogens with zero attached hydrogens (tertiary/aromatic N) is 2. The highest BCUT2D eigenvalue weighted by molar-refractivity contribution is 7.15. The molecule has 0 spiro atoms. The Bertz CT molecular complexity index is 656. The van der Waals surface area contributed by atoms with Gasteiger partial charge in [-0.1, -0.05) is 36.8 Å². The van der Waals surface area contributed by atoms with Gasteiger partial charge in [-0.3, -0.25) is 10.1 Å². The number of aromatic nitrogens is 2. The molecule has 2 aromatic rings. The first-order valence-electron chi connectivity index (χ1n) is 7.08. The zero-order valence-electron chi connectivity index (χ0n) is 12.6. The van der Waals surface area contributed by atoms with Crippen molar-refractivity contribution >= 4 is 22.4 Å². The minimum atomic E-state index is -0.927. The predicted octanol–water partition coefficient (Wildman–Crippen LogP) is 2.72. The molecule has 1 amide bonds. The van der Waals surface area contributed by atoms with E-state index < -0.39 is 5.54 Å². The first-order valence-corrected chi connectivity index (χ1v) is 7.89. The minimum Gasteiger partial charge on any atom is -0.318 e. The van der Waals surface area contributed by atoms with Gasteiger partial charge in [0.05, 0.1) is 5.54 Å². The molecule has 0 radical (unpaired) electrons. The number of halogens is 1. The standard InChI is InChI=1S/C15H19FN4OS/c1-3-7-15(2,17)13(21)18-14-20-19-12(22-14)9-10-5-4-6-11(16)8-10/h4-6,8H,3,7,9,17H2,1-2H3,(H,18,20,21). The third kappa shape index (κ3) is 4.32. The fourth-order valence-corrected chi connectivity index (χ4v) is 2.84. The van der Waals surface area contributed by atoms with Crippen LogP contribution < -0.4 is 11.1 Å². The Morgan fingerprint density at radius 2 is 2.23 bits per heavy atom. The van der Waals surface area contributed by atoms with Crippen LogP contribution in [0.1, 0.15) is 37.3 Å². The van der Waals surface area contributed by atoms with Crippen LogP contribution in [-0.2, 0) is 11.2 Å². The molecule has 5 nitrogen and oxygen atoms in total. The molecule has 0 bridgehead atoms. The van der Waals surface area contributed by atoms with Crippen molar-refractivity contribution in [3.05, 3.63) is 40.7 Å². The van der Waals surface area contributed by atoms with Crippen LogP contribution in [0.4, 0.5) is 9.52 Å². The summed E-state index contributed by atoms with van der Waals surface area (Å²) in [5, 5.41) is 11.8. The van der Waals surface area contributed by atoms with E-state index in [1.54, 1.807) is 13.0 Å². The average Bonchev–Trinajstić information content (AvgIpc) is 2.86. The summed E-state index contributed by atoms with van der Waals surface area (Å²) in [7, 11) is 0. The van der Waals surface area contributed by atoms with E-state index in [0.717, 1.165) is 12.0 Å². The van der Waals surface area contributed by atoms with Gasteiger partial charge in [0.15, 0.2) is 0 Å². The minimum absolute atomic E-state index is 0.275. The van der Waals surface area contributed by atoms with E-state index in [1.807, 2.05) is 13.0 Å². The highest BCUT2D eigenvalue weighted by atomic mass is 32.1. The topological polar surface area (TPSA) is 80.9 Å². The highest BCUT2D eigenvalue weighted by Gasteiger charge is 2.28. The van der Waals surface area contributed by atoms with Crippen LogP contribution in [-0.4, -0.2) is 21.6 Å². The summed E-state index contributed by atoms with van der Waals surface area (Å²) in [6.45, 7) is 3.67. The van der Waals surface area contributed by atoms with E-state index >= 15 is 0 Å². The van der Waals surface area contributed by atoms with Gasteiger partial charge in [-0.15, -0.1) is 10.2 Å². The summed E-state index contributed by atoms with van der Waals surface area (Å²) in [6.07, 6.45) is 1.88. The maximum atomic E-state index is 13.1. The van der Waals surface area contributed by atoms with E-state index in [1.165, 1.54) is 23.5 Å². The smallest absolute Gasteiger partial charge is 0.245 e. The average molecular weight is 322 g/mol. The summed E-state index contributed by atoms with van der Waals surface area (Å²) >= 11 is 1.26. The second kappa shape index (κ2) is 6.93. The van der Waals surface area contributed by atoms with Crippen LogP contribution in [0.3, 0.4) is 0 Å². The highest BCUT2D eigenvalue weighted by Crippen LogP contribution is 2.20. The molecular formula is C15H19FN4OS. The predicted molar refractivity (Wildman–Crippen MR) is 85.2 cm³/mol. The van der Waals surface area contributed by atoms with Crippen molar-refractivity contribution in [1.82, 2.24) is 10.2 Å². The second-order valence-electron chi connectivity index (χ2n) is 5.43. The molecular weight excluding hydrogens is 303 g/mol. The fourth-order valence-electron chi connectivity index (χ4n) is 2.07. The number of hydrogen-bond acceptors (Lipinski definition) is 5. The number of carbonyl (C=O) groups is 1. The zero-order valence-corrected chi connectivity index (χ0v) is 13.4. The summed E-state index contributed by atoms with van der Waals surface area (Å²) in [4.78, 5) is 12.1. The van der Waals surface area contributed by atoms with Gasteiger partial charge in [-0.05, 0) is 31.0 Å². The maximum Gasteiger partial charge on any atom is 0.245 e. The van der Waals surface area contributed by atoms with Crippen molar-refractivity contribution in [3.63, 3.8) is 0 Å². The Kier molecular flexibility index (Phi) is 5.20. The van der Waals surface area contributed by atoms with Crippen LogP contribution in [0.15, 0.2) is 24.3 Å². The normalized spacial score (nSPS) is 13.6. The number of anilines is 1. The molecule has 22 heavy (non-hydrogen) atoms. The first kappa shape index (κ1) is 16.5. The van der Waals surface area contributed by atoms with Gasteiger partial charge >= 0.3 is 0 Å². The van der Waals surface area contributed by atoms with Crippen LogP contribution in [0, 0.1) is 5.82 Å². The lowest BCUT2D eigenvalue weighted by molar-refractivity contribution is -0.120. The Balaban J connectivity index is 2.01. The lowest BCUT2D eigenvalue weighted by Gasteiger charge is -2.21. The van der Waals surface area contributed by atoms with Crippen LogP contribution >= 0.6 is 11.3 Å². The number of benzene rings is 1. The Morgan fingerprint density at radius 1 is 1.45 bits per heavy atom. The molecule has 0 saturated carbocycles. The number of rotatable bonds is 6. The molecule has 1 aromatic carbocycles. The molecule has 3 N–H and O–H groups in total. The molecule has 1 aromatic heterocycles. The molecule has 1 unspecified atom stereocenters. The van der Waals surface area contributed by atoms with Gasteiger partial charge in [0.25, 0.3) is 0 Å². The molecule has 1 heterocycles. The maximum absolute atomic E-state index is 13.1. The van der Waals surface area contributed by atoms with E-state index in [-0.39, 0.29) is 11.7 Å². The molecule has 0 fully saturated rings. The van der Waals surface area contributed by atoms with Crippen LogP contribution in [0.25, 0.3) is 0 Å². The second-order valence-corrected chi connectivity index (χ2v) is 6.49. The fraction of sp³-hybridized carbons (Fsp3) is 0.400. The molecule has 0 aliphatic rings. The van der Waals surface area contributed by atoms with Gasteiger partial charge in [0, 0.05) is 6.42 Å². The van der Waals surface area contributed by atoms with Crippen molar-refractivity contribution < 1.29 is 9.18 Å². The molecule has 0 saturated heterocycles. The quantitative estimate of drug-likeness (QED) is 0.857. The zero-order chi connectivity index (χ0) is 16.2. The lowest BCUT2D eigenvalue weighted by atomic mass is 9.97. The monoisotopic (exact) mass is 322 g/mol. The molecule has 2 rings (SSSR count). The van der Waals surface area contributed by atoms with Crippen molar-refractivity contribution in [1.29, 1.82) is 0 Å². The number of carbonyl (C=O) groups excluding carboxylic acids is 1. The summed E-state index contributed by atoms with van der Waals surface area (Å²) < 4.78 is 13.1. The lowest BCUT2D eigenvalue weighted by Crippen LogP contribution is -2.48. The van der Waals surface area contributed by atoms with Gasteiger partial charge in [-0.2, -0.15) is 0 Å². The Hall–Kier alpha value is -1.86.